The van der Waals surface area contributed by atoms with Crippen LogP contribution in [0.1, 0.15) is 16.7 Å². The van der Waals surface area contributed by atoms with Crippen LogP contribution in [0.25, 0.3) is 0 Å². The van der Waals surface area contributed by atoms with Crippen LogP contribution in [0.5, 0.6) is 0 Å². The molecule has 0 fully saturated rings. The van der Waals surface area contributed by atoms with Gasteiger partial charge in [-0.2, -0.15) is 37.7 Å². The third-order valence-corrected chi connectivity index (χ3v) is 4.35. The van der Waals surface area contributed by atoms with Gasteiger partial charge in [0.25, 0.3) is 0 Å². The highest BCUT2D eigenvalue weighted by Crippen LogP contribution is 2.44. The molecule has 1 heterocycles. The molecule has 9 heteroatoms. The molecule has 0 amide bonds. The van der Waals surface area contributed by atoms with Crippen LogP contribution in [0.3, 0.4) is 0 Å². The Kier molecular flexibility index (Phi) is 4.76. The molecule has 0 radical (unpaired) electrons. The molecular formula is C13H8BrF6NS. The van der Waals surface area contributed by atoms with Gasteiger partial charge in [-0.05, 0) is 50.5 Å². The lowest BCUT2D eigenvalue weighted by atomic mass is 10.1. The maximum atomic E-state index is 12.9. The average molecular weight is 404 g/mol. The van der Waals surface area contributed by atoms with E-state index in [1.54, 1.807) is 16.8 Å². The number of halogens is 7. The number of hydrogen-bond donors (Lipinski definition) is 1. The third-order valence-electron chi connectivity index (χ3n) is 2.76. The van der Waals surface area contributed by atoms with Crippen LogP contribution in [0.4, 0.5) is 32.0 Å². The molecule has 0 saturated carbocycles. The summed E-state index contributed by atoms with van der Waals surface area (Å²) in [5.41, 5.74) is -2.20. The molecule has 1 aromatic carbocycles. The van der Waals surface area contributed by atoms with Gasteiger partial charge in [-0.25, -0.2) is 0 Å². The average Bonchev–Trinajstić information content (AvgIpc) is 2.87. The summed E-state index contributed by atoms with van der Waals surface area (Å²) in [6, 6.07) is 3.04. The van der Waals surface area contributed by atoms with Crippen molar-refractivity contribution in [1.82, 2.24) is 0 Å². The topological polar surface area (TPSA) is 12.0 Å². The number of benzene rings is 1. The monoisotopic (exact) mass is 403 g/mol. The Morgan fingerprint density at radius 2 is 1.55 bits per heavy atom. The fourth-order valence-electron chi connectivity index (χ4n) is 1.74. The van der Waals surface area contributed by atoms with Crippen molar-refractivity contribution in [3.8, 4) is 0 Å². The van der Waals surface area contributed by atoms with E-state index in [4.69, 9.17) is 0 Å². The van der Waals surface area contributed by atoms with E-state index in [1.165, 1.54) is 11.3 Å². The number of alkyl halides is 6. The highest BCUT2D eigenvalue weighted by molar-refractivity contribution is 9.10. The Morgan fingerprint density at radius 1 is 1.00 bits per heavy atom. The molecule has 120 valence electrons. The second-order valence-electron chi connectivity index (χ2n) is 4.37. The largest absolute Gasteiger partial charge is 0.417 e. The van der Waals surface area contributed by atoms with Crippen molar-refractivity contribution in [2.75, 3.05) is 5.32 Å². The van der Waals surface area contributed by atoms with Gasteiger partial charge in [0.1, 0.15) is 0 Å². The molecule has 0 unspecified atom stereocenters. The Bertz CT molecular complexity index is 613. The molecule has 0 atom stereocenters. The summed E-state index contributed by atoms with van der Waals surface area (Å²) in [5, 5.41) is 6.10. The maximum Gasteiger partial charge on any atom is 0.417 e. The molecule has 1 aromatic heterocycles. The van der Waals surface area contributed by atoms with Crippen molar-refractivity contribution in [3.05, 3.63) is 50.1 Å². The van der Waals surface area contributed by atoms with Gasteiger partial charge in [0, 0.05) is 16.7 Å². The minimum atomic E-state index is -4.89. The zero-order valence-electron chi connectivity index (χ0n) is 10.6. The van der Waals surface area contributed by atoms with E-state index in [2.05, 4.69) is 21.2 Å². The molecule has 0 aliphatic carbocycles. The van der Waals surface area contributed by atoms with Crippen molar-refractivity contribution in [2.24, 2.45) is 0 Å². The highest BCUT2D eigenvalue weighted by Gasteiger charge is 2.40. The van der Waals surface area contributed by atoms with Crippen LogP contribution < -0.4 is 5.32 Å². The fraction of sp³-hybridized carbons (Fsp3) is 0.231. The number of rotatable bonds is 3. The SMILES string of the molecule is FC(F)(F)c1cc(NCc2ccsc2)cc(C(F)(F)F)c1Br. The first-order chi connectivity index (χ1) is 10.1. The molecule has 0 spiro atoms. The van der Waals surface area contributed by atoms with Gasteiger partial charge in [0.2, 0.25) is 0 Å². The van der Waals surface area contributed by atoms with E-state index >= 15 is 0 Å². The number of nitrogens with one attached hydrogen (secondary N) is 1. The third kappa shape index (κ3) is 3.95. The second kappa shape index (κ2) is 6.11. The summed E-state index contributed by atoms with van der Waals surface area (Å²) in [4.78, 5) is 0. The molecule has 2 aromatic rings. The van der Waals surface area contributed by atoms with E-state index in [0.717, 1.165) is 5.56 Å². The molecule has 0 aliphatic rings. The van der Waals surface area contributed by atoms with E-state index in [0.29, 0.717) is 12.1 Å². The van der Waals surface area contributed by atoms with Gasteiger partial charge in [-0.1, -0.05) is 0 Å². The van der Waals surface area contributed by atoms with Crippen molar-refractivity contribution in [1.29, 1.82) is 0 Å². The molecule has 0 saturated heterocycles. The molecule has 1 nitrogen and oxygen atoms in total. The van der Waals surface area contributed by atoms with Crippen LogP contribution >= 0.6 is 27.3 Å². The molecular weight excluding hydrogens is 396 g/mol. The van der Waals surface area contributed by atoms with Gasteiger partial charge < -0.3 is 5.32 Å². The standard InChI is InChI=1S/C13H8BrF6NS/c14-11-9(12(15,16)17)3-8(4-10(11)13(18,19)20)21-5-7-1-2-22-6-7/h1-4,6,21H,5H2. The summed E-state index contributed by atoms with van der Waals surface area (Å²) in [7, 11) is 0. The maximum absolute atomic E-state index is 12.9. The van der Waals surface area contributed by atoms with Crippen molar-refractivity contribution < 1.29 is 26.3 Å². The predicted molar refractivity (Wildman–Crippen MR) is 75.8 cm³/mol. The Hall–Kier alpha value is -1.22. The van der Waals surface area contributed by atoms with Gasteiger partial charge in [0.15, 0.2) is 0 Å². The van der Waals surface area contributed by atoms with Gasteiger partial charge in [-0.3, -0.25) is 0 Å². The van der Waals surface area contributed by atoms with Gasteiger partial charge >= 0.3 is 12.4 Å². The summed E-state index contributed by atoms with van der Waals surface area (Å²) in [5.74, 6) is 0. The first-order valence-electron chi connectivity index (χ1n) is 5.82. The summed E-state index contributed by atoms with van der Waals surface area (Å²) in [6.45, 7) is 0.139. The lowest BCUT2D eigenvalue weighted by molar-refractivity contribution is -0.144. The summed E-state index contributed by atoms with van der Waals surface area (Å²) >= 11 is 3.80. The van der Waals surface area contributed by atoms with Crippen LogP contribution in [0, 0.1) is 0 Å². The molecule has 1 N–H and O–H groups in total. The predicted octanol–water partition coefficient (Wildman–Crippen LogP) is 6.16. The van der Waals surface area contributed by atoms with Crippen LogP contribution in [-0.4, -0.2) is 0 Å². The number of thiophene rings is 1. The summed E-state index contributed by atoms with van der Waals surface area (Å²) in [6.07, 6.45) is -9.78. The van der Waals surface area contributed by atoms with Crippen LogP contribution in [0.2, 0.25) is 0 Å². The van der Waals surface area contributed by atoms with Crippen LogP contribution in [-0.2, 0) is 18.9 Å². The van der Waals surface area contributed by atoms with Crippen LogP contribution in [0.15, 0.2) is 33.4 Å². The smallest absolute Gasteiger partial charge is 0.381 e. The Morgan fingerprint density at radius 3 is 1.95 bits per heavy atom. The van der Waals surface area contributed by atoms with Crippen molar-refractivity contribution in [3.63, 3.8) is 0 Å². The lowest BCUT2D eigenvalue weighted by Crippen LogP contribution is -2.14. The fourth-order valence-corrected chi connectivity index (χ4v) is 3.08. The minimum Gasteiger partial charge on any atom is -0.381 e. The van der Waals surface area contributed by atoms with E-state index in [-0.39, 0.29) is 12.2 Å². The van der Waals surface area contributed by atoms with Crippen molar-refractivity contribution in [2.45, 2.75) is 18.9 Å². The zero-order valence-corrected chi connectivity index (χ0v) is 13.1. The normalized spacial score (nSPS) is 12.5. The second-order valence-corrected chi connectivity index (χ2v) is 5.94. The number of anilines is 1. The van der Waals surface area contributed by atoms with E-state index < -0.39 is 28.0 Å². The van der Waals surface area contributed by atoms with E-state index in [9.17, 15) is 26.3 Å². The Balaban J connectivity index is 2.41. The summed E-state index contributed by atoms with van der Waals surface area (Å²) < 4.78 is 76.3. The first-order valence-corrected chi connectivity index (χ1v) is 7.55. The highest BCUT2D eigenvalue weighted by atomic mass is 79.9. The molecule has 22 heavy (non-hydrogen) atoms. The number of hydrogen-bond acceptors (Lipinski definition) is 2. The molecule has 0 aliphatic heterocycles. The molecule has 2 rings (SSSR count). The van der Waals surface area contributed by atoms with Crippen molar-refractivity contribution >= 4 is 33.0 Å². The first kappa shape index (κ1) is 17.1. The minimum absolute atomic E-state index is 0.139. The quantitative estimate of drug-likeness (QED) is 0.605. The molecule has 0 bridgehead atoms. The van der Waals surface area contributed by atoms with E-state index in [1.807, 2.05) is 0 Å². The zero-order chi connectivity index (χ0) is 16.5. The Labute approximate surface area is 134 Å². The van der Waals surface area contributed by atoms with Gasteiger partial charge in [0.05, 0.1) is 11.1 Å². The lowest BCUT2D eigenvalue weighted by Gasteiger charge is -2.17. The van der Waals surface area contributed by atoms with Gasteiger partial charge in [-0.15, -0.1) is 0 Å².